The van der Waals surface area contributed by atoms with Gasteiger partial charge in [-0.05, 0) is 5.92 Å². The summed E-state index contributed by atoms with van der Waals surface area (Å²) in [7, 11) is 0. The highest BCUT2D eigenvalue weighted by molar-refractivity contribution is 5.74. The largest absolute Gasteiger partial charge is 0.274 e. The highest BCUT2D eigenvalue weighted by Gasteiger charge is 1.85. The van der Waals surface area contributed by atoms with Crippen LogP contribution in [0.4, 0.5) is 0 Å². The third-order valence-corrected chi connectivity index (χ3v) is 0.595. The Kier molecular flexibility index (Phi) is 3.67. The second kappa shape index (κ2) is 4.06. The lowest BCUT2D eigenvalue weighted by atomic mass is 10.3. The molecule has 0 aliphatic rings. The van der Waals surface area contributed by atoms with Crippen LogP contribution in [0.5, 0.6) is 0 Å². The summed E-state index contributed by atoms with van der Waals surface area (Å²) in [5.41, 5.74) is 2.31. The molecule has 0 aromatic rings. The zero-order valence-electron chi connectivity index (χ0n) is 6.01. The van der Waals surface area contributed by atoms with Crippen molar-refractivity contribution in [2.24, 2.45) is 11.0 Å². The molecule has 0 saturated carbocycles. The lowest BCUT2D eigenvalue weighted by Gasteiger charge is -1.92. The van der Waals surface area contributed by atoms with E-state index in [2.05, 4.69) is 10.5 Å². The van der Waals surface area contributed by atoms with Crippen LogP contribution < -0.4 is 5.43 Å². The molecule has 52 valence electrons. The zero-order valence-corrected chi connectivity index (χ0v) is 6.01. The minimum absolute atomic E-state index is 0.132. The van der Waals surface area contributed by atoms with Crippen molar-refractivity contribution < 1.29 is 4.79 Å². The Morgan fingerprint density at radius 1 is 1.67 bits per heavy atom. The van der Waals surface area contributed by atoms with Gasteiger partial charge in [-0.3, -0.25) is 4.79 Å². The number of hydrogen-bond acceptors (Lipinski definition) is 2. The molecule has 0 heterocycles. The summed E-state index contributed by atoms with van der Waals surface area (Å²) in [6, 6.07) is 0. The highest BCUT2D eigenvalue weighted by Crippen LogP contribution is 1.82. The van der Waals surface area contributed by atoms with E-state index in [4.69, 9.17) is 0 Å². The molecule has 3 nitrogen and oxygen atoms in total. The van der Waals surface area contributed by atoms with Crippen LogP contribution in [-0.2, 0) is 4.79 Å². The quantitative estimate of drug-likeness (QED) is 0.433. The minimum atomic E-state index is -0.132. The number of hydrogen-bond donors (Lipinski definition) is 1. The maximum atomic E-state index is 10.2. The van der Waals surface area contributed by atoms with Crippen molar-refractivity contribution >= 4 is 12.1 Å². The van der Waals surface area contributed by atoms with E-state index in [1.165, 1.54) is 6.92 Å². The second-order valence-corrected chi connectivity index (χ2v) is 2.19. The number of nitrogens with one attached hydrogen (secondary N) is 1. The average Bonchev–Trinajstić information content (AvgIpc) is 1.63. The fourth-order valence-corrected chi connectivity index (χ4v) is 0.277. The van der Waals surface area contributed by atoms with Gasteiger partial charge in [0.1, 0.15) is 0 Å². The first-order valence-electron chi connectivity index (χ1n) is 2.92. The first-order chi connectivity index (χ1) is 4.13. The normalized spacial score (nSPS) is 10.7. The molecular formula is C6H12N2O. The molecule has 0 aliphatic heterocycles. The molecule has 0 radical (unpaired) electrons. The molecule has 1 amide bonds. The summed E-state index contributed by atoms with van der Waals surface area (Å²) in [5.74, 6) is 0.253. The van der Waals surface area contributed by atoms with Crippen molar-refractivity contribution in [1.82, 2.24) is 5.43 Å². The number of amides is 1. The summed E-state index contributed by atoms with van der Waals surface area (Å²) in [5, 5.41) is 3.65. The Morgan fingerprint density at radius 3 is 2.56 bits per heavy atom. The Morgan fingerprint density at radius 2 is 2.22 bits per heavy atom. The summed E-state index contributed by atoms with van der Waals surface area (Å²) in [6.45, 7) is 5.41. The molecule has 0 spiro atoms. The zero-order chi connectivity index (χ0) is 7.28. The smallest absolute Gasteiger partial charge is 0.236 e. The van der Waals surface area contributed by atoms with Gasteiger partial charge in [0.25, 0.3) is 0 Å². The average molecular weight is 128 g/mol. The third-order valence-electron chi connectivity index (χ3n) is 0.595. The van der Waals surface area contributed by atoms with Gasteiger partial charge >= 0.3 is 0 Å². The standard InChI is InChI=1S/C6H12N2O/c1-5(2)4-7-8-6(3)9/h4-5H,1-3H3,(H,8,9)/b7-4+. The van der Waals surface area contributed by atoms with E-state index in [1.807, 2.05) is 13.8 Å². The van der Waals surface area contributed by atoms with Gasteiger partial charge in [0.05, 0.1) is 0 Å². The highest BCUT2D eigenvalue weighted by atomic mass is 16.2. The van der Waals surface area contributed by atoms with Crippen LogP contribution in [-0.4, -0.2) is 12.1 Å². The van der Waals surface area contributed by atoms with Gasteiger partial charge < -0.3 is 0 Å². The Bertz CT molecular complexity index is 118. The van der Waals surface area contributed by atoms with Gasteiger partial charge in [-0.2, -0.15) is 5.10 Å². The van der Waals surface area contributed by atoms with Crippen molar-refractivity contribution in [2.45, 2.75) is 20.8 Å². The molecule has 3 heteroatoms. The van der Waals surface area contributed by atoms with Crippen molar-refractivity contribution in [3.05, 3.63) is 0 Å². The van der Waals surface area contributed by atoms with Crippen LogP contribution in [0.3, 0.4) is 0 Å². The van der Waals surface area contributed by atoms with E-state index in [-0.39, 0.29) is 5.91 Å². The fraction of sp³-hybridized carbons (Fsp3) is 0.667. The molecule has 0 bridgehead atoms. The molecule has 1 N–H and O–H groups in total. The van der Waals surface area contributed by atoms with Crippen LogP contribution in [0.15, 0.2) is 5.10 Å². The van der Waals surface area contributed by atoms with Gasteiger partial charge in [-0.1, -0.05) is 13.8 Å². The van der Waals surface area contributed by atoms with Crippen molar-refractivity contribution in [3.63, 3.8) is 0 Å². The van der Waals surface area contributed by atoms with Crippen molar-refractivity contribution in [2.75, 3.05) is 0 Å². The molecular weight excluding hydrogens is 116 g/mol. The molecule has 0 rings (SSSR count). The molecule has 0 fully saturated rings. The topological polar surface area (TPSA) is 41.5 Å². The van der Waals surface area contributed by atoms with Gasteiger partial charge in [-0.25, -0.2) is 5.43 Å². The van der Waals surface area contributed by atoms with E-state index in [9.17, 15) is 4.79 Å². The monoisotopic (exact) mass is 128 g/mol. The fourth-order valence-electron chi connectivity index (χ4n) is 0.277. The van der Waals surface area contributed by atoms with Crippen LogP contribution in [0.25, 0.3) is 0 Å². The van der Waals surface area contributed by atoms with E-state index >= 15 is 0 Å². The Balaban J connectivity index is 3.36. The second-order valence-electron chi connectivity index (χ2n) is 2.19. The van der Waals surface area contributed by atoms with Crippen molar-refractivity contribution in [1.29, 1.82) is 0 Å². The van der Waals surface area contributed by atoms with Crippen molar-refractivity contribution in [3.8, 4) is 0 Å². The SMILES string of the molecule is CC(=O)N/N=C/C(C)C. The number of rotatable bonds is 2. The summed E-state index contributed by atoms with van der Waals surface area (Å²) < 4.78 is 0. The number of carbonyl (C=O) groups is 1. The molecule has 0 aromatic heterocycles. The van der Waals surface area contributed by atoms with Gasteiger partial charge in [0.15, 0.2) is 0 Å². The van der Waals surface area contributed by atoms with E-state index in [0.29, 0.717) is 5.92 Å². The molecule has 0 aliphatic carbocycles. The van der Waals surface area contributed by atoms with E-state index in [0.717, 1.165) is 0 Å². The summed E-state index contributed by atoms with van der Waals surface area (Å²) in [4.78, 5) is 10.2. The summed E-state index contributed by atoms with van der Waals surface area (Å²) in [6.07, 6.45) is 1.68. The summed E-state index contributed by atoms with van der Waals surface area (Å²) >= 11 is 0. The number of carbonyl (C=O) groups excluding carboxylic acids is 1. The number of hydrazone groups is 1. The molecule has 0 saturated heterocycles. The van der Waals surface area contributed by atoms with Crippen LogP contribution >= 0.6 is 0 Å². The maximum absolute atomic E-state index is 10.2. The van der Waals surface area contributed by atoms with Gasteiger partial charge in [0, 0.05) is 13.1 Å². The van der Waals surface area contributed by atoms with Crippen LogP contribution in [0, 0.1) is 5.92 Å². The first kappa shape index (κ1) is 8.14. The molecule has 0 unspecified atom stereocenters. The minimum Gasteiger partial charge on any atom is -0.274 e. The molecule has 9 heavy (non-hydrogen) atoms. The Hall–Kier alpha value is -0.860. The first-order valence-corrected chi connectivity index (χ1v) is 2.92. The third kappa shape index (κ3) is 7.14. The predicted octanol–water partition coefficient (Wildman–Crippen LogP) is 0.764. The van der Waals surface area contributed by atoms with Gasteiger partial charge in [-0.15, -0.1) is 0 Å². The van der Waals surface area contributed by atoms with E-state index in [1.54, 1.807) is 6.21 Å². The maximum Gasteiger partial charge on any atom is 0.236 e. The van der Waals surface area contributed by atoms with Crippen LogP contribution in [0.2, 0.25) is 0 Å². The van der Waals surface area contributed by atoms with Crippen LogP contribution in [0.1, 0.15) is 20.8 Å². The Labute approximate surface area is 55.1 Å². The van der Waals surface area contributed by atoms with Gasteiger partial charge in [0.2, 0.25) is 5.91 Å². The predicted molar refractivity (Wildman–Crippen MR) is 37.1 cm³/mol. The lowest BCUT2D eigenvalue weighted by molar-refractivity contribution is -0.118. The molecule has 0 atom stereocenters. The lowest BCUT2D eigenvalue weighted by Crippen LogP contribution is -2.12. The number of nitrogens with zero attached hydrogens (tertiary/aromatic N) is 1. The van der Waals surface area contributed by atoms with E-state index < -0.39 is 0 Å². The molecule has 0 aromatic carbocycles.